The van der Waals surface area contributed by atoms with Crippen LogP contribution in [0.4, 0.5) is 5.69 Å². The number of benzene rings is 1. The van der Waals surface area contributed by atoms with Crippen molar-refractivity contribution in [3.05, 3.63) is 24.3 Å². The monoisotopic (exact) mass is 319 g/mol. The fourth-order valence-corrected chi connectivity index (χ4v) is 3.86. The molecule has 2 heterocycles. The number of thioether (sulfide) groups is 1. The number of amides is 1. The maximum Gasteiger partial charge on any atom is 0.232 e. The van der Waals surface area contributed by atoms with Gasteiger partial charge in [0.05, 0.1) is 5.75 Å². The van der Waals surface area contributed by atoms with Crippen molar-refractivity contribution < 1.29 is 9.90 Å². The van der Waals surface area contributed by atoms with E-state index < -0.39 is 0 Å². The molecule has 2 saturated heterocycles. The number of hydrogen-bond donors (Lipinski definition) is 1. The van der Waals surface area contributed by atoms with Crippen LogP contribution in [0.3, 0.4) is 0 Å². The average molecular weight is 319 g/mol. The van der Waals surface area contributed by atoms with Gasteiger partial charge in [0.2, 0.25) is 5.91 Å². The first-order valence-corrected chi connectivity index (χ1v) is 9.09. The normalized spacial score (nSPS) is 22.1. The minimum atomic E-state index is -0.368. The van der Waals surface area contributed by atoms with Gasteiger partial charge in [0.1, 0.15) is 6.23 Å². The zero-order valence-corrected chi connectivity index (χ0v) is 13.6. The highest BCUT2D eigenvalue weighted by Gasteiger charge is 2.22. The molecule has 0 bridgehead atoms. The number of aliphatic hydroxyl groups is 1. The zero-order chi connectivity index (χ0) is 15.4. The third-order valence-corrected chi connectivity index (χ3v) is 5.34. The second-order valence-corrected chi connectivity index (χ2v) is 6.97. The molecule has 0 aliphatic carbocycles. The van der Waals surface area contributed by atoms with Gasteiger partial charge in [0.25, 0.3) is 0 Å². The summed E-state index contributed by atoms with van der Waals surface area (Å²) in [5.41, 5.74) is 1.01. The summed E-state index contributed by atoms with van der Waals surface area (Å²) in [6.45, 7) is 2.72. The Balaban J connectivity index is 1.51. The number of hydrogen-bond acceptors (Lipinski definition) is 4. The highest BCUT2D eigenvalue weighted by molar-refractivity contribution is 8.00. The Morgan fingerprint density at radius 3 is 2.68 bits per heavy atom. The summed E-state index contributed by atoms with van der Waals surface area (Å²) >= 11 is 1.55. The molecule has 22 heavy (non-hydrogen) atoms. The molecule has 1 radical (unpaired) electrons. The van der Waals surface area contributed by atoms with Crippen molar-refractivity contribution in [2.45, 2.75) is 43.2 Å². The number of aliphatic hydroxyl groups excluding tert-OH is 1. The van der Waals surface area contributed by atoms with Gasteiger partial charge in [-0.05, 0) is 56.4 Å². The fourth-order valence-electron chi connectivity index (χ4n) is 3.10. The molecule has 3 rings (SSSR count). The van der Waals surface area contributed by atoms with E-state index in [0.717, 1.165) is 55.9 Å². The molecule has 119 valence electrons. The Labute approximate surface area is 136 Å². The molecule has 1 N–H and O–H groups in total. The summed E-state index contributed by atoms with van der Waals surface area (Å²) in [4.78, 5) is 17.1. The quantitative estimate of drug-likeness (QED) is 0.866. The highest BCUT2D eigenvalue weighted by Crippen LogP contribution is 2.27. The third kappa shape index (κ3) is 3.76. The van der Waals surface area contributed by atoms with E-state index in [0.29, 0.717) is 5.75 Å². The lowest BCUT2D eigenvalue weighted by Gasteiger charge is -2.26. The minimum absolute atomic E-state index is 0.233. The molecule has 0 aromatic heterocycles. The van der Waals surface area contributed by atoms with Gasteiger partial charge in [0.15, 0.2) is 0 Å². The molecule has 2 aliphatic rings. The lowest BCUT2D eigenvalue weighted by Crippen LogP contribution is -2.36. The first kappa shape index (κ1) is 15.7. The summed E-state index contributed by atoms with van der Waals surface area (Å²) in [6, 6.07) is 9.16. The van der Waals surface area contributed by atoms with E-state index in [2.05, 4.69) is 6.07 Å². The SMILES string of the molecule is O=C(CSc1[c]cc(N2CCC[C@@H]2O)cc1)N1CCCCC1. The molecule has 1 atom stereocenters. The summed E-state index contributed by atoms with van der Waals surface area (Å²) in [5, 5.41) is 9.89. The van der Waals surface area contributed by atoms with Crippen LogP contribution < -0.4 is 4.90 Å². The molecule has 5 heteroatoms. The van der Waals surface area contributed by atoms with Crippen LogP contribution in [0.15, 0.2) is 23.1 Å². The van der Waals surface area contributed by atoms with Crippen LogP contribution in [0.25, 0.3) is 0 Å². The van der Waals surface area contributed by atoms with Crippen molar-refractivity contribution in [1.29, 1.82) is 0 Å². The van der Waals surface area contributed by atoms with E-state index in [1.807, 2.05) is 28.0 Å². The van der Waals surface area contributed by atoms with Gasteiger partial charge in [-0.1, -0.05) is 0 Å². The van der Waals surface area contributed by atoms with Gasteiger partial charge in [-0.15, -0.1) is 11.8 Å². The van der Waals surface area contributed by atoms with Crippen molar-refractivity contribution in [3.63, 3.8) is 0 Å². The largest absolute Gasteiger partial charge is 0.374 e. The van der Waals surface area contributed by atoms with Crippen molar-refractivity contribution in [3.8, 4) is 0 Å². The Morgan fingerprint density at radius 2 is 2.05 bits per heavy atom. The summed E-state index contributed by atoms with van der Waals surface area (Å²) in [5.74, 6) is 0.722. The predicted octanol–water partition coefficient (Wildman–Crippen LogP) is 2.51. The molecule has 0 unspecified atom stereocenters. The molecule has 4 nitrogen and oxygen atoms in total. The maximum atomic E-state index is 12.1. The number of rotatable bonds is 4. The summed E-state index contributed by atoms with van der Waals surface area (Å²) in [6.07, 6.45) is 5.01. The Morgan fingerprint density at radius 1 is 1.23 bits per heavy atom. The molecule has 1 aromatic rings. The highest BCUT2D eigenvalue weighted by atomic mass is 32.2. The van der Waals surface area contributed by atoms with Crippen LogP contribution in [0.1, 0.15) is 32.1 Å². The average Bonchev–Trinajstić information content (AvgIpc) is 3.00. The number of carbonyl (C=O) groups is 1. The van der Waals surface area contributed by atoms with Gasteiger partial charge < -0.3 is 14.9 Å². The van der Waals surface area contributed by atoms with E-state index in [1.54, 1.807) is 11.8 Å². The fraction of sp³-hybridized carbons (Fsp3) is 0.588. The van der Waals surface area contributed by atoms with Gasteiger partial charge in [-0.25, -0.2) is 0 Å². The number of piperidine rings is 1. The lowest BCUT2D eigenvalue weighted by atomic mass is 10.1. The number of anilines is 1. The second-order valence-electron chi connectivity index (χ2n) is 5.96. The van der Waals surface area contributed by atoms with Crippen LogP contribution >= 0.6 is 11.8 Å². The molecular weight excluding hydrogens is 296 g/mol. The van der Waals surface area contributed by atoms with E-state index >= 15 is 0 Å². The number of likely N-dealkylation sites (tertiary alicyclic amines) is 1. The summed E-state index contributed by atoms with van der Waals surface area (Å²) in [7, 11) is 0. The van der Waals surface area contributed by atoms with Gasteiger partial charge in [-0.2, -0.15) is 0 Å². The van der Waals surface area contributed by atoms with Crippen LogP contribution in [-0.2, 0) is 4.79 Å². The Hall–Kier alpha value is -1.20. The molecule has 0 saturated carbocycles. The number of carbonyl (C=O) groups excluding carboxylic acids is 1. The van der Waals surface area contributed by atoms with Crippen LogP contribution in [0, 0.1) is 6.07 Å². The lowest BCUT2D eigenvalue weighted by molar-refractivity contribution is -0.129. The molecular formula is C17H23N2O2S. The molecule has 1 amide bonds. The minimum Gasteiger partial charge on any atom is -0.374 e. The second kappa shape index (κ2) is 7.38. The Kier molecular flexibility index (Phi) is 5.26. The molecule has 2 aliphatic heterocycles. The van der Waals surface area contributed by atoms with Crippen LogP contribution in [0.2, 0.25) is 0 Å². The van der Waals surface area contributed by atoms with Crippen molar-refractivity contribution in [1.82, 2.24) is 4.90 Å². The van der Waals surface area contributed by atoms with E-state index in [4.69, 9.17) is 0 Å². The van der Waals surface area contributed by atoms with E-state index in [9.17, 15) is 9.90 Å². The number of nitrogens with zero attached hydrogens (tertiary/aromatic N) is 2. The van der Waals surface area contributed by atoms with E-state index in [-0.39, 0.29) is 12.1 Å². The predicted molar refractivity (Wildman–Crippen MR) is 89.0 cm³/mol. The van der Waals surface area contributed by atoms with Gasteiger partial charge >= 0.3 is 0 Å². The van der Waals surface area contributed by atoms with Crippen molar-refractivity contribution in [2.75, 3.05) is 30.3 Å². The third-order valence-electron chi connectivity index (χ3n) is 4.38. The maximum absolute atomic E-state index is 12.1. The van der Waals surface area contributed by atoms with Crippen LogP contribution in [-0.4, -0.2) is 47.5 Å². The Bertz CT molecular complexity index is 500. The van der Waals surface area contributed by atoms with Gasteiger partial charge in [0, 0.05) is 30.2 Å². The standard InChI is InChI=1S/C17H23N2O2S/c20-16-5-4-12-19(16)14-6-8-15(9-7-14)22-13-17(21)18-10-2-1-3-11-18/h6-8,16,20H,1-5,10-13H2/t16-/m0/s1. The molecule has 1 aromatic carbocycles. The summed E-state index contributed by atoms with van der Waals surface area (Å²) < 4.78 is 0. The topological polar surface area (TPSA) is 43.8 Å². The van der Waals surface area contributed by atoms with Crippen molar-refractivity contribution in [2.24, 2.45) is 0 Å². The van der Waals surface area contributed by atoms with Gasteiger partial charge in [-0.3, -0.25) is 4.79 Å². The first-order valence-electron chi connectivity index (χ1n) is 8.11. The molecule has 2 fully saturated rings. The molecule has 0 spiro atoms. The van der Waals surface area contributed by atoms with E-state index in [1.165, 1.54) is 6.42 Å². The van der Waals surface area contributed by atoms with Crippen molar-refractivity contribution >= 4 is 23.4 Å². The zero-order valence-electron chi connectivity index (χ0n) is 12.8. The van der Waals surface area contributed by atoms with Crippen LogP contribution in [0.5, 0.6) is 0 Å². The smallest absolute Gasteiger partial charge is 0.232 e. The first-order chi connectivity index (χ1) is 10.7.